The molecule has 182 valence electrons. The zero-order valence-electron chi connectivity index (χ0n) is 20.4. The maximum absolute atomic E-state index is 13.6. The Morgan fingerprint density at radius 2 is 1.72 bits per heavy atom. The number of carbonyl (C=O) groups excluding carboxylic acids is 2. The van der Waals surface area contributed by atoms with Gasteiger partial charge in [0.2, 0.25) is 0 Å². The number of benzene rings is 2. The second-order valence-corrected chi connectivity index (χ2v) is 8.71. The average Bonchev–Trinajstić information content (AvgIpc) is 3.31. The van der Waals surface area contributed by atoms with E-state index in [1.54, 1.807) is 36.0 Å². The van der Waals surface area contributed by atoms with Crippen molar-refractivity contribution in [3.05, 3.63) is 88.9 Å². The minimum absolute atomic E-state index is 0.0323. The second-order valence-electron chi connectivity index (χ2n) is 8.71. The number of aromatic nitrogens is 2. The lowest BCUT2D eigenvalue weighted by molar-refractivity contribution is -0.140. The van der Waals surface area contributed by atoms with Crippen LogP contribution in [0.3, 0.4) is 0 Å². The van der Waals surface area contributed by atoms with Crippen LogP contribution in [0.1, 0.15) is 45.1 Å². The zero-order chi connectivity index (χ0) is 25.7. The summed E-state index contributed by atoms with van der Waals surface area (Å²) in [4.78, 5) is 27.5. The number of hydrogen-bond donors (Lipinski definition) is 0. The Morgan fingerprint density at radius 3 is 2.39 bits per heavy atom. The van der Waals surface area contributed by atoms with E-state index < -0.39 is 11.8 Å². The van der Waals surface area contributed by atoms with Crippen molar-refractivity contribution in [1.82, 2.24) is 14.7 Å². The third-order valence-electron chi connectivity index (χ3n) is 6.24. The van der Waals surface area contributed by atoms with E-state index in [9.17, 15) is 19.2 Å². The van der Waals surface area contributed by atoms with Gasteiger partial charge in [-0.25, -0.2) is 9.07 Å². The number of nitrogens with zero attached hydrogens (tertiary/aromatic N) is 4. The number of halogens is 1. The number of imide groups is 1. The Hall–Kier alpha value is -4.31. The number of para-hydroxylation sites is 1. The Kier molecular flexibility index (Phi) is 7.55. The first-order chi connectivity index (χ1) is 17.4. The van der Waals surface area contributed by atoms with E-state index in [0.29, 0.717) is 28.8 Å². The molecule has 0 aliphatic carbocycles. The largest absolute Gasteiger partial charge is 0.274 e. The van der Waals surface area contributed by atoms with Gasteiger partial charge in [-0.2, -0.15) is 10.4 Å². The molecule has 0 N–H and O–H groups in total. The fourth-order valence-electron chi connectivity index (χ4n) is 4.22. The van der Waals surface area contributed by atoms with E-state index in [0.717, 1.165) is 24.9 Å². The Labute approximate surface area is 210 Å². The van der Waals surface area contributed by atoms with Crippen molar-refractivity contribution in [3.8, 4) is 23.0 Å². The van der Waals surface area contributed by atoms with E-state index in [4.69, 9.17) is 5.10 Å². The molecule has 0 fully saturated rings. The fourth-order valence-corrected chi connectivity index (χ4v) is 4.22. The van der Waals surface area contributed by atoms with Gasteiger partial charge in [0.1, 0.15) is 17.5 Å². The number of hydrogen-bond acceptors (Lipinski definition) is 4. The molecule has 36 heavy (non-hydrogen) atoms. The second kappa shape index (κ2) is 11.0. The highest BCUT2D eigenvalue weighted by Crippen LogP contribution is 2.31. The molecule has 1 aliphatic heterocycles. The van der Waals surface area contributed by atoms with Gasteiger partial charge < -0.3 is 0 Å². The average molecular weight is 483 g/mol. The molecular formula is C29H27FN4O2. The standard InChI is InChI=1S/C29H27FN4O2/c1-3-4-5-9-16-33-28(35)25(20(2)26(18-31)29(33)36)17-22-19-34(24-10-7-6-8-11-24)32-27(22)21-12-14-23(30)15-13-21/h6-8,10-15,17,19H,3-5,9,16H2,1-2H3/b25-17+. The molecule has 0 bridgehead atoms. The van der Waals surface area contributed by atoms with Gasteiger partial charge in [-0.1, -0.05) is 44.4 Å². The SMILES string of the molecule is CCCCCCN1C(=O)C(C#N)=C(C)/C(=C\c2cn(-c3ccccc3)nc2-c2ccc(F)cc2)C1=O. The molecule has 0 radical (unpaired) electrons. The zero-order valence-corrected chi connectivity index (χ0v) is 20.4. The monoisotopic (exact) mass is 482 g/mol. The van der Waals surface area contributed by atoms with Crippen molar-refractivity contribution in [1.29, 1.82) is 5.26 Å². The lowest BCUT2D eigenvalue weighted by Crippen LogP contribution is -2.43. The number of unbranched alkanes of at least 4 members (excludes halogenated alkanes) is 3. The molecule has 1 aromatic heterocycles. The fraction of sp³-hybridized carbons (Fsp3) is 0.241. The van der Waals surface area contributed by atoms with Crippen molar-refractivity contribution in [2.24, 2.45) is 0 Å². The van der Waals surface area contributed by atoms with Gasteiger partial charge in [-0.3, -0.25) is 14.5 Å². The molecule has 3 aromatic rings. The minimum Gasteiger partial charge on any atom is -0.274 e. The van der Waals surface area contributed by atoms with E-state index >= 15 is 0 Å². The van der Waals surface area contributed by atoms with Crippen LogP contribution in [-0.4, -0.2) is 33.0 Å². The molecule has 4 rings (SSSR count). The number of carbonyl (C=O) groups is 2. The first-order valence-corrected chi connectivity index (χ1v) is 12.0. The maximum Gasteiger partial charge on any atom is 0.271 e. The summed E-state index contributed by atoms with van der Waals surface area (Å²) >= 11 is 0. The summed E-state index contributed by atoms with van der Waals surface area (Å²) in [5, 5.41) is 14.4. The van der Waals surface area contributed by atoms with E-state index in [2.05, 4.69) is 6.92 Å². The lowest BCUT2D eigenvalue weighted by atomic mass is 9.93. The van der Waals surface area contributed by atoms with Gasteiger partial charge in [0.15, 0.2) is 0 Å². The van der Waals surface area contributed by atoms with Crippen LogP contribution in [0.4, 0.5) is 4.39 Å². The molecule has 2 heterocycles. The predicted molar refractivity (Wildman–Crippen MR) is 136 cm³/mol. The van der Waals surface area contributed by atoms with Gasteiger partial charge in [-0.05, 0) is 61.4 Å². The predicted octanol–water partition coefficient (Wildman–Crippen LogP) is 5.85. The molecule has 6 nitrogen and oxygen atoms in total. The van der Waals surface area contributed by atoms with Gasteiger partial charge in [0, 0.05) is 29.4 Å². The van der Waals surface area contributed by atoms with E-state index in [-0.39, 0.29) is 23.5 Å². The van der Waals surface area contributed by atoms with Crippen LogP contribution in [0, 0.1) is 17.1 Å². The van der Waals surface area contributed by atoms with Crippen LogP contribution in [-0.2, 0) is 9.59 Å². The highest BCUT2D eigenvalue weighted by molar-refractivity contribution is 6.19. The molecule has 2 aromatic carbocycles. The van der Waals surface area contributed by atoms with Gasteiger partial charge >= 0.3 is 0 Å². The summed E-state index contributed by atoms with van der Waals surface area (Å²) in [6, 6.07) is 17.5. The normalized spacial score (nSPS) is 15.1. The van der Waals surface area contributed by atoms with E-state index in [1.165, 1.54) is 17.0 Å². The van der Waals surface area contributed by atoms with Gasteiger partial charge in [0.25, 0.3) is 11.8 Å². The molecule has 7 heteroatoms. The molecule has 0 unspecified atom stereocenters. The summed E-state index contributed by atoms with van der Waals surface area (Å²) in [7, 11) is 0. The summed E-state index contributed by atoms with van der Waals surface area (Å²) < 4.78 is 15.3. The Balaban J connectivity index is 1.82. The van der Waals surface area contributed by atoms with Crippen molar-refractivity contribution < 1.29 is 14.0 Å². The smallest absolute Gasteiger partial charge is 0.271 e. The third kappa shape index (κ3) is 5.03. The minimum atomic E-state index is -0.549. The van der Waals surface area contributed by atoms with Crippen LogP contribution < -0.4 is 0 Å². The van der Waals surface area contributed by atoms with Crippen molar-refractivity contribution in [2.45, 2.75) is 39.5 Å². The summed E-state index contributed by atoms with van der Waals surface area (Å²) in [5.41, 5.74) is 3.25. The molecule has 1 aliphatic rings. The van der Waals surface area contributed by atoms with Crippen molar-refractivity contribution in [2.75, 3.05) is 6.54 Å². The number of rotatable bonds is 8. The highest BCUT2D eigenvalue weighted by Gasteiger charge is 2.35. The first-order valence-electron chi connectivity index (χ1n) is 12.0. The number of nitriles is 1. The topological polar surface area (TPSA) is 79.0 Å². The third-order valence-corrected chi connectivity index (χ3v) is 6.24. The highest BCUT2D eigenvalue weighted by atomic mass is 19.1. The van der Waals surface area contributed by atoms with Crippen LogP contribution in [0.2, 0.25) is 0 Å². The molecule has 0 atom stereocenters. The van der Waals surface area contributed by atoms with E-state index in [1.807, 2.05) is 36.4 Å². The molecule has 0 saturated carbocycles. The summed E-state index contributed by atoms with van der Waals surface area (Å²) in [5.74, 6) is -1.34. The lowest BCUT2D eigenvalue weighted by Gasteiger charge is -2.27. The quantitative estimate of drug-likeness (QED) is 0.229. The molecule has 0 saturated heterocycles. The van der Waals surface area contributed by atoms with Crippen LogP contribution >= 0.6 is 0 Å². The van der Waals surface area contributed by atoms with Crippen molar-refractivity contribution >= 4 is 17.9 Å². The number of amides is 2. The Morgan fingerprint density at radius 1 is 1.00 bits per heavy atom. The maximum atomic E-state index is 13.6. The van der Waals surface area contributed by atoms with Gasteiger partial charge in [-0.15, -0.1) is 0 Å². The molecular weight excluding hydrogens is 455 g/mol. The summed E-state index contributed by atoms with van der Waals surface area (Å²) in [6.45, 7) is 3.97. The first kappa shape index (κ1) is 24.8. The van der Waals surface area contributed by atoms with Crippen LogP contribution in [0.25, 0.3) is 23.0 Å². The Bertz CT molecular complexity index is 1380. The van der Waals surface area contributed by atoms with Crippen molar-refractivity contribution in [3.63, 3.8) is 0 Å². The summed E-state index contributed by atoms with van der Waals surface area (Å²) in [6.07, 6.45) is 7.09. The van der Waals surface area contributed by atoms with Crippen LogP contribution in [0.5, 0.6) is 0 Å². The molecule has 0 spiro atoms. The van der Waals surface area contributed by atoms with Crippen LogP contribution in [0.15, 0.2) is 77.5 Å². The van der Waals surface area contributed by atoms with Gasteiger partial charge in [0.05, 0.1) is 11.4 Å². The molecule has 2 amide bonds.